The summed E-state index contributed by atoms with van der Waals surface area (Å²) < 4.78 is 11.1. The minimum Gasteiger partial charge on any atom is -0.485 e. The van der Waals surface area contributed by atoms with Crippen LogP contribution in [-0.4, -0.2) is 35.6 Å². The number of anilines is 1. The molecule has 120 valence electrons. The van der Waals surface area contributed by atoms with E-state index in [-0.39, 0.29) is 12.5 Å². The Labute approximate surface area is 136 Å². The van der Waals surface area contributed by atoms with Gasteiger partial charge in [0.15, 0.2) is 16.6 Å². The Kier molecular flexibility index (Phi) is 4.42. The molecule has 0 aliphatic carbocycles. The fourth-order valence-electron chi connectivity index (χ4n) is 2.02. The van der Waals surface area contributed by atoms with Crippen LogP contribution < -0.4 is 20.1 Å². The molecule has 2 amide bonds. The Bertz CT molecular complexity index is 705. The summed E-state index contributed by atoms with van der Waals surface area (Å²) in [5.41, 5.74) is 0. The van der Waals surface area contributed by atoms with Gasteiger partial charge in [-0.05, 0) is 19.1 Å². The molecule has 2 atom stereocenters. The largest absolute Gasteiger partial charge is 0.485 e. The lowest BCUT2D eigenvalue weighted by Gasteiger charge is -2.26. The number of amides is 2. The number of hydrogen-bond acceptors (Lipinski definition) is 6. The van der Waals surface area contributed by atoms with Crippen LogP contribution in [0.2, 0.25) is 0 Å². The molecule has 0 fully saturated rings. The zero-order chi connectivity index (χ0) is 16.2. The van der Waals surface area contributed by atoms with Crippen LogP contribution in [0.25, 0.3) is 0 Å². The Hall–Kier alpha value is -2.61. The van der Waals surface area contributed by atoms with Gasteiger partial charge in [0.05, 0.1) is 0 Å². The van der Waals surface area contributed by atoms with Crippen LogP contribution in [0.5, 0.6) is 11.5 Å². The fourth-order valence-corrected chi connectivity index (χ4v) is 2.55. The normalized spacial score (nSPS) is 17.2. The Balaban J connectivity index is 1.56. The number of fused-ring (bicyclic) bond motifs is 1. The molecular weight excluding hydrogens is 318 g/mol. The summed E-state index contributed by atoms with van der Waals surface area (Å²) in [6, 6.07) is 6.41. The van der Waals surface area contributed by atoms with Crippen LogP contribution in [-0.2, 0) is 9.59 Å². The smallest absolute Gasteiger partial charge is 0.265 e. The summed E-state index contributed by atoms with van der Waals surface area (Å²) in [5, 5.41) is 7.48. The number of benzene rings is 1. The Morgan fingerprint density at radius 2 is 2.13 bits per heavy atom. The number of aromatic nitrogens is 1. The van der Waals surface area contributed by atoms with Crippen molar-refractivity contribution in [1.29, 1.82) is 0 Å². The number of thiazole rings is 1. The molecule has 0 saturated heterocycles. The van der Waals surface area contributed by atoms with Crippen molar-refractivity contribution in [3.63, 3.8) is 0 Å². The number of para-hydroxylation sites is 2. The van der Waals surface area contributed by atoms with Crippen LogP contribution in [0, 0.1) is 0 Å². The maximum absolute atomic E-state index is 12.2. The number of nitrogens with zero attached hydrogens (tertiary/aromatic N) is 1. The average Bonchev–Trinajstić information content (AvgIpc) is 3.07. The van der Waals surface area contributed by atoms with Gasteiger partial charge in [0.25, 0.3) is 5.91 Å². The summed E-state index contributed by atoms with van der Waals surface area (Å²) in [5.74, 6) is 0.372. The summed E-state index contributed by atoms with van der Waals surface area (Å²) >= 11 is 1.31. The fraction of sp³-hybridized carbons (Fsp3) is 0.267. The van der Waals surface area contributed by atoms with Gasteiger partial charge in [0, 0.05) is 11.6 Å². The first-order chi connectivity index (χ1) is 11.1. The molecule has 7 nitrogen and oxygen atoms in total. The first kappa shape index (κ1) is 15.3. The third-order valence-electron chi connectivity index (χ3n) is 3.22. The van der Waals surface area contributed by atoms with Gasteiger partial charge in [-0.15, -0.1) is 11.3 Å². The molecule has 0 bridgehead atoms. The molecule has 0 saturated carbocycles. The maximum Gasteiger partial charge on any atom is 0.265 e. The monoisotopic (exact) mass is 333 g/mol. The van der Waals surface area contributed by atoms with Gasteiger partial charge in [0.2, 0.25) is 12.0 Å². The van der Waals surface area contributed by atoms with Crippen LogP contribution >= 0.6 is 11.3 Å². The van der Waals surface area contributed by atoms with E-state index >= 15 is 0 Å². The van der Waals surface area contributed by atoms with E-state index in [2.05, 4.69) is 15.6 Å². The van der Waals surface area contributed by atoms with Crippen molar-refractivity contribution in [3.05, 3.63) is 35.8 Å². The van der Waals surface area contributed by atoms with Crippen molar-refractivity contribution in [2.24, 2.45) is 0 Å². The molecule has 1 aromatic heterocycles. The molecular formula is C15H15N3O4S. The van der Waals surface area contributed by atoms with Gasteiger partial charge in [-0.25, -0.2) is 4.98 Å². The van der Waals surface area contributed by atoms with Gasteiger partial charge in [-0.1, -0.05) is 12.1 Å². The standard InChI is InChI=1S/C15H15N3O4S/c1-9(13(19)18-15-16-6-7-23-15)17-14(20)12-8-21-10-4-2-3-5-11(10)22-12/h2-7,9,12H,8H2,1H3,(H,17,20)(H,16,18,19)/t9-,12-/m0/s1. The molecule has 1 aromatic carbocycles. The highest BCUT2D eigenvalue weighted by molar-refractivity contribution is 7.13. The van der Waals surface area contributed by atoms with E-state index in [1.54, 1.807) is 36.7 Å². The number of carbonyl (C=O) groups is 2. The average molecular weight is 333 g/mol. The van der Waals surface area contributed by atoms with Gasteiger partial charge in [-0.3, -0.25) is 9.59 Å². The lowest BCUT2D eigenvalue weighted by atomic mass is 10.2. The Morgan fingerprint density at radius 1 is 1.35 bits per heavy atom. The first-order valence-corrected chi connectivity index (χ1v) is 7.90. The van der Waals surface area contributed by atoms with Gasteiger partial charge in [0.1, 0.15) is 12.6 Å². The molecule has 23 heavy (non-hydrogen) atoms. The predicted molar refractivity (Wildman–Crippen MR) is 84.7 cm³/mol. The molecule has 8 heteroatoms. The van der Waals surface area contributed by atoms with Crippen molar-refractivity contribution in [3.8, 4) is 11.5 Å². The van der Waals surface area contributed by atoms with Gasteiger partial charge >= 0.3 is 0 Å². The number of carbonyl (C=O) groups excluding carboxylic acids is 2. The van der Waals surface area contributed by atoms with E-state index in [1.165, 1.54) is 11.3 Å². The summed E-state index contributed by atoms with van der Waals surface area (Å²) in [6.45, 7) is 1.70. The van der Waals surface area contributed by atoms with Crippen molar-refractivity contribution in [1.82, 2.24) is 10.3 Å². The third kappa shape index (κ3) is 3.59. The summed E-state index contributed by atoms with van der Waals surface area (Å²) in [6.07, 6.45) is 0.800. The minimum absolute atomic E-state index is 0.101. The minimum atomic E-state index is -0.792. The van der Waals surface area contributed by atoms with E-state index < -0.39 is 18.1 Å². The second kappa shape index (κ2) is 6.66. The molecule has 3 rings (SSSR count). The van der Waals surface area contributed by atoms with E-state index in [0.717, 1.165) is 0 Å². The topological polar surface area (TPSA) is 89.5 Å². The zero-order valence-corrected chi connectivity index (χ0v) is 13.1. The van der Waals surface area contributed by atoms with E-state index in [4.69, 9.17) is 9.47 Å². The van der Waals surface area contributed by atoms with E-state index in [0.29, 0.717) is 16.6 Å². The zero-order valence-electron chi connectivity index (χ0n) is 12.3. The summed E-state index contributed by atoms with van der Waals surface area (Å²) in [4.78, 5) is 28.2. The number of nitrogens with one attached hydrogen (secondary N) is 2. The maximum atomic E-state index is 12.2. The molecule has 2 aromatic rings. The van der Waals surface area contributed by atoms with Gasteiger partial charge < -0.3 is 20.1 Å². The highest BCUT2D eigenvalue weighted by Gasteiger charge is 2.29. The highest BCUT2D eigenvalue weighted by atomic mass is 32.1. The molecule has 0 unspecified atom stereocenters. The second-order valence-corrected chi connectivity index (χ2v) is 5.82. The number of rotatable bonds is 4. The van der Waals surface area contributed by atoms with E-state index in [1.807, 2.05) is 6.07 Å². The summed E-state index contributed by atoms with van der Waals surface area (Å²) in [7, 11) is 0. The van der Waals surface area contributed by atoms with Crippen molar-refractivity contribution in [2.75, 3.05) is 11.9 Å². The van der Waals surface area contributed by atoms with Crippen LogP contribution in [0.15, 0.2) is 35.8 Å². The van der Waals surface area contributed by atoms with Gasteiger partial charge in [-0.2, -0.15) is 0 Å². The van der Waals surface area contributed by atoms with Crippen molar-refractivity contribution in [2.45, 2.75) is 19.1 Å². The number of hydrogen-bond donors (Lipinski definition) is 2. The highest BCUT2D eigenvalue weighted by Crippen LogP contribution is 2.30. The second-order valence-electron chi connectivity index (χ2n) is 4.92. The Morgan fingerprint density at radius 3 is 2.87 bits per heavy atom. The lowest BCUT2D eigenvalue weighted by molar-refractivity contribution is -0.133. The van der Waals surface area contributed by atoms with Crippen molar-refractivity contribution >= 4 is 28.3 Å². The molecule has 0 spiro atoms. The molecule has 1 aliphatic heterocycles. The SMILES string of the molecule is C[C@H](NC(=O)[C@@H]1COc2ccccc2O1)C(=O)Nc1nccs1. The number of ether oxygens (including phenoxy) is 2. The van der Waals surface area contributed by atoms with Crippen LogP contribution in [0.4, 0.5) is 5.13 Å². The van der Waals surface area contributed by atoms with Crippen molar-refractivity contribution < 1.29 is 19.1 Å². The van der Waals surface area contributed by atoms with E-state index in [9.17, 15) is 9.59 Å². The first-order valence-electron chi connectivity index (χ1n) is 7.02. The van der Waals surface area contributed by atoms with Crippen LogP contribution in [0.1, 0.15) is 6.92 Å². The molecule has 0 radical (unpaired) electrons. The molecule has 2 heterocycles. The molecule has 2 N–H and O–H groups in total. The van der Waals surface area contributed by atoms with Crippen LogP contribution in [0.3, 0.4) is 0 Å². The molecule has 1 aliphatic rings. The quantitative estimate of drug-likeness (QED) is 0.883. The third-order valence-corrected chi connectivity index (χ3v) is 3.90. The lowest BCUT2D eigenvalue weighted by Crippen LogP contribution is -2.50. The predicted octanol–water partition coefficient (Wildman–Crippen LogP) is 1.43.